The summed E-state index contributed by atoms with van der Waals surface area (Å²) in [4.78, 5) is 32.9. The van der Waals surface area contributed by atoms with Crippen molar-refractivity contribution in [2.45, 2.75) is 19.5 Å². The number of hydrogen-bond donors (Lipinski definition) is 0. The van der Waals surface area contributed by atoms with Crippen LogP contribution in [0.5, 0.6) is 0 Å². The first-order valence-corrected chi connectivity index (χ1v) is 14.0. The third kappa shape index (κ3) is 4.76. The number of carbonyl (C=O) groups is 1. The summed E-state index contributed by atoms with van der Waals surface area (Å²) in [5, 5.41) is 1.01. The Bertz CT molecular complexity index is 2000. The molecule has 0 radical (unpaired) electrons. The van der Waals surface area contributed by atoms with Gasteiger partial charge in [-0.1, -0.05) is 78.1 Å². The summed E-state index contributed by atoms with van der Waals surface area (Å²) in [6, 6.07) is 22.3. The number of esters is 1. The number of hydrogen-bond acceptors (Lipinski definition) is 5. The predicted octanol–water partition coefficient (Wildman–Crippen LogP) is 5.22. The normalized spacial score (nSPS) is 15.1. The van der Waals surface area contributed by atoms with Crippen LogP contribution in [-0.2, 0) is 16.1 Å². The minimum absolute atomic E-state index is 0.153. The van der Waals surface area contributed by atoms with Crippen molar-refractivity contribution in [1.82, 2.24) is 9.13 Å². The van der Waals surface area contributed by atoms with E-state index in [1.807, 2.05) is 72.9 Å². The molecule has 0 unspecified atom stereocenters. The monoisotopic (exact) mass is 563 g/mol. The molecule has 1 atom stereocenters. The smallest absolute Gasteiger partial charge is 0.338 e. The van der Waals surface area contributed by atoms with Crippen molar-refractivity contribution >= 4 is 40.0 Å². The van der Waals surface area contributed by atoms with Crippen molar-refractivity contribution in [2.24, 2.45) is 4.99 Å². The molecule has 0 N–H and O–H groups in total. The van der Waals surface area contributed by atoms with Gasteiger partial charge in [-0.15, -0.1) is 6.58 Å². The molecule has 0 saturated carbocycles. The number of nitrogens with zero attached hydrogens (tertiary/aromatic N) is 3. The zero-order valence-electron chi connectivity index (χ0n) is 22.3. The van der Waals surface area contributed by atoms with E-state index in [1.165, 1.54) is 28.0 Å². The van der Waals surface area contributed by atoms with E-state index >= 15 is 0 Å². The minimum Gasteiger partial charge on any atom is -0.463 e. The van der Waals surface area contributed by atoms with Crippen LogP contribution in [-0.4, -0.2) is 21.7 Å². The molecule has 204 valence electrons. The summed E-state index contributed by atoms with van der Waals surface area (Å²) in [6.07, 6.45) is 5.69. The van der Waals surface area contributed by atoms with E-state index in [2.05, 4.69) is 11.1 Å². The van der Waals surface area contributed by atoms with Crippen LogP contribution >= 0.6 is 11.3 Å². The Kier molecular flexibility index (Phi) is 7.07. The fourth-order valence-electron chi connectivity index (χ4n) is 5.22. The molecule has 3 heterocycles. The molecule has 6 nitrogen and oxygen atoms in total. The molecule has 0 saturated heterocycles. The lowest BCUT2D eigenvalue weighted by Crippen LogP contribution is -2.40. The maximum Gasteiger partial charge on any atom is 0.338 e. The fraction of sp³-hybridized carbons (Fsp3) is 0.121. The van der Waals surface area contributed by atoms with E-state index < -0.39 is 17.8 Å². The Morgan fingerprint density at radius 2 is 1.80 bits per heavy atom. The van der Waals surface area contributed by atoms with Crippen LogP contribution < -0.4 is 14.9 Å². The maximum atomic E-state index is 14.1. The topological polar surface area (TPSA) is 65.6 Å². The highest BCUT2D eigenvalue weighted by Crippen LogP contribution is 2.35. The summed E-state index contributed by atoms with van der Waals surface area (Å²) in [6.45, 7) is 6.37. The second-order valence-electron chi connectivity index (χ2n) is 9.53. The largest absolute Gasteiger partial charge is 0.463 e. The van der Waals surface area contributed by atoms with Gasteiger partial charge in [0.1, 0.15) is 5.82 Å². The van der Waals surface area contributed by atoms with E-state index in [1.54, 1.807) is 19.1 Å². The number of carbonyl (C=O) groups excluding carboxylic acids is 1. The van der Waals surface area contributed by atoms with Crippen LogP contribution in [0.4, 0.5) is 4.39 Å². The number of thiazole rings is 1. The van der Waals surface area contributed by atoms with Gasteiger partial charge in [0.2, 0.25) is 0 Å². The van der Waals surface area contributed by atoms with Gasteiger partial charge in [-0.25, -0.2) is 14.2 Å². The van der Waals surface area contributed by atoms with E-state index in [4.69, 9.17) is 9.73 Å². The quantitative estimate of drug-likeness (QED) is 0.202. The number of rotatable bonds is 7. The van der Waals surface area contributed by atoms with Gasteiger partial charge >= 0.3 is 5.97 Å². The number of fused-ring (bicyclic) bond motifs is 2. The van der Waals surface area contributed by atoms with Gasteiger partial charge in [-0.3, -0.25) is 9.36 Å². The lowest BCUT2D eigenvalue weighted by Gasteiger charge is -2.25. The molecular weight excluding hydrogens is 537 g/mol. The molecule has 6 rings (SSSR count). The van der Waals surface area contributed by atoms with Gasteiger partial charge in [-0.2, -0.15) is 0 Å². The van der Waals surface area contributed by atoms with Gasteiger partial charge < -0.3 is 9.30 Å². The van der Waals surface area contributed by atoms with Gasteiger partial charge in [-0.05, 0) is 36.8 Å². The lowest BCUT2D eigenvalue weighted by molar-refractivity contribution is -0.138. The number of allylic oxidation sites excluding steroid dienone is 1. The highest BCUT2D eigenvalue weighted by molar-refractivity contribution is 7.07. The predicted molar refractivity (Wildman–Crippen MR) is 160 cm³/mol. The number of ether oxygens (including phenoxy) is 1. The van der Waals surface area contributed by atoms with Crippen molar-refractivity contribution in [3.63, 3.8) is 0 Å². The first-order valence-electron chi connectivity index (χ1n) is 13.2. The van der Waals surface area contributed by atoms with Gasteiger partial charge in [0.05, 0.1) is 28.5 Å². The SMILES string of the molecule is C=CCn1cc(/C=c2\sc3n(c2=O)[C@@H](c2ccc(F)cc2)C(C(=O)OCC)=C(c2ccccc2)N=3)c2ccccc21. The average molecular weight is 564 g/mol. The molecule has 41 heavy (non-hydrogen) atoms. The third-order valence-corrected chi connectivity index (χ3v) is 7.97. The molecular formula is C33H26FN3O3S. The summed E-state index contributed by atoms with van der Waals surface area (Å²) in [7, 11) is 0. The van der Waals surface area contributed by atoms with Crippen molar-refractivity contribution in [2.75, 3.05) is 6.61 Å². The van der Waals surface area contributed by atoms with E-state index in [0.29, 0.717) is 32.7 Å². The summed E-state index contributed by atoms with van der Waals surface area (Å²) < 4.78 is 23.5. The maximum absolute atomic E-state index is 14.1. The van der Waals surface area contributed by atoms with E-state index in [0.717, 1.165) is 16.5 Å². The van der Waals surface area contributed by atoms with Crippen LogP contribution in [0.1, 0.15) is 29.7 Å². The molecule has 0 amide bonds. The van der Waals surface area contributed by atoms with Crippen LogP contribution in [0.2, 0.25) is 0 Å². The molecule has 2 aromatic heterocycles. The van der Waals surface area contributed by atoms with E-state index in [9.17, 15) is 14.0 Å². The molecule has 0 aliphatic carbocycles. The highest BCUT2D eigenvalue weighted by Gasteiger charge is 2.35. The Balaban J connectivity index is 1.64. The number of halogens is 1. The summed E-state index contributed by atoms with van der Waals surface area (Å²) >= 11 is 1.25. The second kappa shape index (κ2) is 11.0. The van der Waals surface area contributed by atoms with E-state index in [-0.39, 0.29) is 17.7 Å². The Hall–Kier alpha value is -4.82. The lowest BCUT2D eigenvalue weighted by atomic mass is 9.93. The number of aromatic nitrogens is 2. The summed E-state index contributed by atoms with van der Waals surface area (Å²) in [5.74, 6) is -0.992. The zero-order valence-corrected chi connectivity index (χ0v) is 23.1. The molecule has 0 fully saturated rings. The Labute approximate surface area is 239 Å². The van der Waals surface area contributed by atoms with Crippen LogP contribution in [0, 0.1) is 5.82 Å². The van der Waals surface area contributed by atoms with Crippen molar-refractivity contribution in [3.8, 4) is 0 Å². The standard InChI is InChI=1S/C33H26FN3O3S/c1-3-18-36-20-23(25-12-8-9-13-26(25)36)19-27-31(38)37-30(22-14-16-24(34)17-15-22)28(32(39)40-4-2)29(35-33(37)41-27)21-10-6-5-7-11-21/h3,5-17,19-20,30H,1,4,18H2,2H3/b27-19-/t30-/m0/s1. The van der Waals surface area contributed by atoms with Gasteiger partial charge in [0.25, 0.3) is 5.56 Å². The molecule has 3 aromatic carbocycles. The molecule has 8 heteroatoms. The first-order chi connectivity index (χ1) is 20.0. The molecule has 0 spiro atoms. The van der Waals surface area contributed by atoms with Crippen molar-refractivity contribution in [3.05, 3.63) is 145 Å². The Morgan fingerprint density at radius 3 is 2.54 bits per heavy atom. The second-order valence-corrected chi connectivity index (χ2v) is 10.5. The highest BCUT2D eigenvalue weighted by atomic mass is 32.1. The van der Waals surface area contributed by atoms with Crippen LogP contribution in [0.3, 0.4) is 0 Å². The zero-order chi connectivity index (χ0) is 28.5. The molecule has 1 aliphatic heterocycles. The van der Waals surface area contributed by atoms with Crippen LogP contribution in [0.15, 0.2) is 113 Å². The van der Waals surface area contributed by atoms with Gasteiger partial charge in [0, 0.05) is 34.8 Å². The fourth-order valence-corrected chi connectivity index (χ4v) is 6.21. The van der Waals surface area contributed by atoms with Crippen molar-refractivity contribution in [1.29, 1.82) is 0 Å². The first kappa shape index (κ1) is 26.4. The summed E-state index contributed by atoms with van der Waals surface area (Å²) in [5.41, 5.74) is 3.57. The molecule has 1 aliphatic rings. The average Bonchev–Trinajstić information content (AvgIpc) is 3.50. The molecule has 0 bridgehead atoms. The minimum atomic E-state index is -0.856. The number of para-hydroxylation sites is 1. The van der Waals surface area contributed by atoms with Crippen LogP contribution in [0.25, 0.3) is 22.7 Å². The third-order valence-electron chi connectivity index (χ3n) is 6.99. The molecule has 5 aromatic rings. The number of benzene rings is 3. The van der Waals surface area contributed by atoms with Crippen molar-refractivity contribution < 1.29 is 13.9 Å². The van der Waals surface area contributed by atoms with Gasteiger partial charge in [0.15, 0.2) is 4.80 Å². The Morgan fingerprint density at radius 1 is 1.07 bits per heavy atom.